The third-order valence-electron chi connectivity index (χ3n) is 4.23. The number of fused-ring (bicyclic) bond motifs is 1. The number of rotatable bonds is 5. The molecule has 5 heteroatoms. The number of nitrogens with one attached hydrogen (secondary N) is 1. The first kappa shape index (κ1) is 13.3. The molecule has 100 valence electrons. The molecule has 0 aromatic carbocycles. The highest BCUT2D eigenvalue weighted by atomic mass is 32.2. The molecule has 0 bridgehead atoms. The van der Waals surface area contributed by atoms with E-state index in [9.17, 15) is 8.42 Å². The number of nitrogens with zero attached hydrogens (tertiary/aromatic N) is 1. The lowest BCUT2D eigenvalue weighted by Gasteiger charge is -2.24. The standard InChI is InChI=1S/C12H24N2O2S/c1-14(6-7-17(2,15)16)9-12-11-5-3-4-10(11)8-13-12/h10-13H,3-9H2,1-2H3. The molecule has 3 unspecified atom stereocenters. The van der Waals surface area contributed by atoms with Crippen LogP contribution in [0.1, 0.15) is 19.3 Å². The van der Waals surface area contributed by atoms with Crippen molar-refractivity contribution < 1.29 is 8.42 Å². The van der Waals surface area contributed by atoms with Crippen molar-refractivity contribution in [2.24, 2.45) is 11.8 Å². The normalized spacial score (nSPS) is 33.2. The van der Waals surface area contributed by atoms with E-state index in [2.05, 4.69) is 10.2 Å². The first-order valence-corrected chi connectivity index (χ1v) is 8.61. The molecule has 0 aromatic rings. The van der Waals surface area contributed by atoms with E-state index in [1.165, 1.54) is 25.5 Å². The van der Waals surface area contributed by atoms with Gasteiger partial charge in [-0.15, -0.1) is 0 Å². The maximum absolute atomic E-state index is 11.1. The van der Waals surface area contributed by atoms with Gasteiger partial charge in [0.1, 0.15) is 9.84 Å². The predicted octanol–water partition coefficient (Wildman–Crippen LogP) is 0.351. The highest BCUT2D eigenvalue weighted by Gasteiger charge is 2.38. The van der Waals surface area contributed by atoms with Crippen molar-refractivity contribution in [3.05, 3.63) is 0 Å². The smallest absolute Gasteiger partial charge is 0.148 e. The van der Waals surface area contributed by atoms with Crippen LogP contribution in [-0.4, -0.2) is 58.1 Å². The molecule has 1 aliphatic heterocycles. The van der Waals surface area contributed by atoms with Gasteiger partial charge in [-0.2, -0.15) is 0 Å². The summed E-state index contributed by atoms with van der Waals surface area (Å²) >= 11 is 0. The lowest BCUT2D eigenvalue weighted by Crippen LogP contribution is -2.40. The van der Waals surface area contributed by atoms with Crippen molar-refractivity contribution in [2.45, 2.75) is 25.3 Å². The summed E-state index contributed by atoms with van der Waals surface area (Å²) in [5.74, 6) is 1.98. The number of hydrogen-bond donors (Lipinski definition) is 1. The van der Waals surface area contributed by atoms with Crippen LogP contribution in [0.15, 0.2) is 0 Å². The third kappa shape index (κ3) is 3.66. The van der Waals surface area contributed by atoms with Gasteiger partial charge in [0.15, 0.2) is 0 Å². The largest absolute Gasteiger partial charge is 0.312 e. The Balaban J connectivity index is 1.77. The fourth-order valence-corrected chi connectivity index (χ4v) is 3.89. The second kappa shape index (κ2) is 5.24. The fourth-order valence-electron chi connectivity index (χ4n) is 3.25. The summed E-state index contributed by atoms with van der Waals surface area (Å²) in [4.78, 5) is 2.15. The van der Waals surface area contributed by atoms with E-state index >= 15 is 0 Å². The highest BCUT2D eigenvalue weighted by molar-refractivity contribution is 7.90. The maximum Gasteiger partial charge on any atom is 0.148 e. The molecule has 2 rings (SSSR count). The molecule has 0 spiro atoms. The van der Waals surface area contributed by atoms with E-state index in [-0.39, 0.29) is 5.75 Å². The van der Waals surface area contributed by atoms with Crippen molar-refractivity contribution in [2.75, 3.05) is 38.7 Å². The molecule has 1 heterocycles. The van der Waals surface area contributed by atoms with Gasteiger partial charge in [-0.1, -0.05) is 6.42 Å². The molecule has 4 nitrogen and oxygen atoms in total. The number of hydrogen-bond acceptors (Lipinski definition) is 4. The zero-order chi connectivity index (χ0) is 12.5. The average molecular weight is 260 g/mol. The summed E-state index contributed by atoms with van der Waals surface area (Å²) in [6.07, 6.45) is 5.41. The lowest BCUT2D eigenvalue weighted by molar-refractivity contribution is 0.276. The van der Waals surface area contributed by atoms with Crippen LogP contribution in [0, 0.1) is 11.8 Å². The molecule has 0 radical (unpaired) electrons. The molecule has 1 N–H and O–H groups in total. The van der Waals surface area contributed by atoms with Crippen molar-refractivity contribution in [1.29, 1.82) is 0 Å². The van der Waals surface area contributed by atoms with E-state index in [0.29, 0.717) is 12.6 Å². The van der Waals surface area contributed by atoms with E-state index in [1.54, 1.807) is 0 Å². The second-order valence-electron chi connectivity index (χ2n) is 5.76. The molecule has 3 atom stereocenters. The van der Waals surface area contributed by atoms with Gasteiger partial charge in [0.25, 0.3) is 0 Å². The first-order valence-electron chi connectivity index (χ1n) is 6.55. The summed E-state index contributed by atoms with van der Waals surface area (Å²) < 4.78 is 22.2. The molecule has 0 aromatic heterocycles. The summed E-state index contributed by atoms with van der Waals surface area (Å²) in [6.45, 7) is 2.79. The van der Waals surface area contributed by atoms with Gasteiger partial charge in [0, 0.05) is 25.4 Å². The molecule has 0 amide bonds. The minimum absolute atomic E-state index is 0.268. The molecule has 1 aliphatic carbocycles. The SMILES string of the molecule is CN(CCS(C)(=O)=O)CC1NCC2CCCC21. The summed E-state index contributed by atoms with van der Waals surface area (Å²) in [6, 6.07) is 0.576. The van der Waals surface area contributed by atoms with Crippen LogP contribution < -0.4 is 5.32 Å². The molecular weight excluding hydrogens is 236 g/mol. The zero-order valence-corrected chi connectivity index (χ0v) is 11.7. The van der Waals surface area contributed by atoms with Crippen LogP contribution in [0.5, 0.6) is 0 Å². The highest BCUT2D eigenvalue weighted by Crippen LogP contribution is 2.37. The third-order valence-corrected chi connectivity index (χ3v) is 5.15. The molecule has 2 aliphatic rings. The van der Waals surface area contributed by atoms with Gasteiger partial charge < -0.3 is 10.2 Å². The Morgan fingerprint density at radius 2 is 2.12 bits per heavy atom. The summed E-state index contributed by atoms with van der Waals surface area (Å²) in [5, 5.41) is 3.60. The maximum atomic E-state index is 11.1. The first-order chi connectivity index (χ1) is 7.96. The molecule has 1 saturated heterocycles. The Morgan fingerprint density at radius 1 is 1.35 bits per heavy atom. The number of sulfone groups is 1. The second-order valence-corrected chi connectivity index (χ2v) is 8.02. The molecule has 2 fully saturated rings. The van der Waals surface area contributed by atoms with E-state index in [1.807, 2.05) is 7.05 Å². The fraction of sp³-hybridized carbons (Fsp3) is 1.00. The predicted molar refractivity (Wildman–Crippen MR) is 69.8 cm³/mol. The monoisotopic (exact) mass is 260 g/mol. The Kier molecular flexibility index (Phi) is 4.10. The van der Waals surface area contributed by atoms with Gasteiger partial charge >= 0.3 is 0 Å². The molecule has 1 saturated carbocycles. The summed E-state index contributed by atoms with van der Waals surface area (Å²) in [5.41, 5.74) is 0. The van der Waals surface area contributed by atoms with Crippen molar-refractivity contribution >= 4 is 9.84 Å². The van der Waals surface area contributed by atoms with Crippen LogP contribution in [0.25, 0.3) is 0 Å². The van der Waals surface area contributed by atoms with Crippen LogP contribution in [0.3, 0.4) is 0 Å². The zero-order valence-electron chi connectivity index (χ0n) is 10.9. The van der Waals surface area contributed by atoms with E-state index in [0.717, 1.165) is 24.9 Å². The van der Waals surface area contributed by atoms with Crippen LogP contribution in [0.4, 0.5) is 0 Å². The Morgan fingerprint density at radius 3 is 2.82 bits per heavy atom. The van der Waals surface area contributed by atoms with Crippen LogP contribution in [0.2, 0.25) is 0 Å². The quantitative estimate of drug-likeness (QED) is 0.775. The van der Waals surface area contributed by atoms with Gasteiger partial charge in [-0.05, 0) is 38.3 Å². The van der Waals surface area contributed by atoms with Crippen molar-refractivity contribution in [3.63, 3.8) is 0 Å². The van der Waals surface area contributed by atoms with Gasteiger partial charge in [-0.25, -0.2) is 8.42 Å². The van der Waals surface area contributed by atoms with Gasteiger partial charge in [0.2, 0.25) is 0 Å². The van der Waals surface area contributed by atoms with E-state index in [4.69, 9.17) is 0 Å². The Labute approximate surface area is 105 Å². The Hall–Kier alpha value is -0.130. The summed E-state index contributed by atoms with van der Waals surface area (Å²) in [7, 11) is -0.809. The van der Waals surface area contributed by atoms with Gasteiger partial charge in [0.05, 0.1) is 5.75 Å². The Bertz CT molecular complexity index is 356. The minimum atomic E-state index is -2.83. The minimum Gasteiger partial charge on any atom is -0.312 e. The number of likely N-dealkylation sites (N-methyl/N-ethyl adjacent to an activating group) is 1. The van der Waals surface area contributed by atoms with Gasteiger partial charge in [-0.3, -0.25) is 0 Å². The van der Waals surface area contributed by atoms with Crippen molar-refractivity contribution in [1.82, 2.24) is 10.2 Å². The van der Waals surface area contributed by atoms with Crippen LogP contribution >= 0.6 is 0 Å². The lowest BCUT2D eigenvalue weighted by atomic mass is 9.94. The van der Waals surface area contributed by atoms with Crippen LogP contribution in [-0.2, 0) is 9.84 Å². The molecule has 17 heavy (non-hydrogen) atoms. The molecular formula is C12H24N2O2S. The van der Waals surface area contributed by atoms with E-state index < -0.39 is 9.84 Å². The topological polar surface area (TPSA) is 49.4 Å². The van der Waals surface area contributed by atoms with Crippen molar-refractivity contribution in [3.8, 4) is 0 Å². The average Bonchev–Trinajstić information content (AvgIpc) is 2.79.